The molecule has 0 aliphatic rings. The van der Waals surface area contributed by atoms with Crippen molar-refractivity contribution in [1.82, 2.24) is 9.97 Å². The molecule has 4 heteroatoms. The van der Waals surface area contributed by atoms with Gasteiger partial charge in [0.2, 0.25) is 5.88 Å². The molecule has 1 aromatic rings. The number of nitrogens with zero attached hydrogens (tertiary/aromatic N) is 2. The minimum Gasteiger partial charge on any atom is -0.477 e. The molecule has 1 aromatic heterocycles. The van der Waals surface area contributed by atoms with Gasteiger partial charge in [-0.05, 0) is 25.7 Å². The van der Waals surface area contributed by atoms with Gasteiger partial charge in [0.1, 0.15) is 12.1 Å². The average Bonchev–Trinajstić information content (AvgIpc) is 2.29. The summed E-state index contributed by atoms with van der Waals surface area (Å²) >= 11 is 0. The monoisotopic (exact) mass is 237 g/mol. The van der Waals surface area contributed by atoms with Crippen LogP contribution in [0.2, 0.25) is 0 Å². The van der Waals surface area contributed by atoms with Gasteiger partial charge in [-0.3, -0.25) is 0 Å². The first-order valence-electron chi connectivity index (χ1n) is 6.39. The van der Waals surface area contributed by atoms with Crippen molar-refractivity contribution in [2.24, 2.45) is 5.92 Å². The van der Waals surface area contributed by atoms with Crippen LogP contribution in [0.4, 0.5) is 5.82 Å². The summed E-state index contributed by atoms with van der Waals surface area (Å²) in [4.78, 5) is 8.46. The molecule has 0 aliphatic heterocycles. The smallest absolute Gasteiger partial charge is 0.221 e. The van der Waals surface area contributed by atoms with E-state index < -0.39 is 0 Å². The lowest BCUT2D eigenvalue weighted by Crippen LogP contribution is -2.09. The summed E-state index contributed by atoms with van der Waals surface area (Å²) in [5.41, 5.74) is 1.07. The fraction of sp³-hybridized carbons (Fsp3) is 0.692. The lowest BCUT2D eigenvalue weighted by atomic mass is 10.1. The molecule has 0 saturated heterocycles. The van der Waals surface area contributed by atoms with Gasteiger partial charge in [-0.1, -0.05) is 20.8 Å². The summed E-state index contributed by atoms with van der Waals surface area (Å²) < 4.78 is 5.73. The Kier molecular flexibility index (Phi) is 5.73. The molecule has 0 bridgehead atoms. The highest BCUT2D eigenvalue weighted by Gasteiger charge is 2.10. The highest BCUT2D eigenvalue weighted by Crippen LogP contribution is 2.22. The minimum atomic E-state index is 0.648. The second-order valence-electron chi connectivity index (χ2n) is 4.42. The molecule has 0 aliphatic carbocycles. The van der Waals surface area contributed by atoms with Crippen molar-refractivity contribution in [3.05, 3.63) is 11.9 Å². The quantitative estimate of drug-likeness (QED) is 0.792. The molecule has 1 rings (SSSR count). The zero-order valence-electron chi connectivity index (χ0n) is 11.3. The Bertz CT molecular complexity index is 339. The van der Waals surface area contributed by atoms with Crippen molar-refractivity contribution in [3.8, 4) is 5.88 Å². The molecule has 0 atom stereocenters. The Morgan fingerprint density at radius 1 is 1.29 bits per heavy atom. The SMILES string of the molecule is CCNc1ncnc(OCCC(C)C)c1CC. The number of anilines is 1. The third kappa shape index (κ3) is 4.21. The Morgan fingerprint density at radius 2 is 2.06 bits per heavy atom. The second-order valence-corrected chi connectivity index (χ2v) is 4.42. The second kappa shape index (κ2) is 7.09. The maximum absolute atomic E-state index is 5.73. The summed E-state index contributed by atoms with van der Waals surface area (Å²) in [6, 6.07) is 0. The number of aromatic nitrogens is 2. The summed E-state index contributed by atoms with van der Waals surface area (Å²) in [5, 5.41) is 3.24. The van der Waals surface area contributed by atoms with Crippen molar-refractivity contribution in [2.75, 3.05) is 18.5 Å². The first-order chi connectivity index (χ1) is 8.19. The zero-order chi connectivity index (χ0) is 12.7. The van der Waals surface area contributed by atoms with E-state index in [1.165, 1.54) is 0 Å². The van der Waals surface area contributed by atoms with Gasteiger partial charge in [0.25, 0.3) is 0 Å². The number of hydrogen-bond acceptors (Lipinski definition) is 4. The Labute approximate surface area is 104 Å². The van der Waals surface area contributed by atoms with E-state index in [9.17, 15) is 0 Å². The van der Waals surface area contributed by atoms with Crippen LogP contribution in [0.3, 0.4) is 0 Å². The van der Waals surface area contributed by atoms with Gasteiger partial charge < -0.3 is 10.1 Å². The zero-order valence-corrected chi connectivity index (χ0v) is 11.3. The minimum absolute atomic E-state index is 0.648. The van der Waals surface area contributed by atoms with E-state index >= 15 is 0 Å². The van der Waals surface area contributed by atoms with Gasteiger partial charge in [-0.15, -0.1) is 0 Å². The molecule has 1 heterocycles. The highest BCUT2D eigenvalue weighted by atomic mass is 16.5. The normalized spacial score (nSPS) is 10.6. The molecule has 1 N–H and O–H groups in total. The summed E-state index contributed by atoms with van der Waals surface area (Å²) in [7, 11) is 0. The number of rotatable bonds is 7. The lowest BCUT2D eigenvalue weighted by Gasteiger charge is -2.13. The standard InChI is InChI=1S/C13H23N3O/c1-5-11-12(14-6-2)15-9-16-13(11)17-8-7-10(3)4/h9-10H,5-8H2,1-4H3,(H,14,15,16). The molecule has 17 heavy (non-hydrogen) atoms. The highest BCUT2D eigenvalue weighted by molar-refractivity contribution is 5.48. The van der Waals surface area contributed by atoms with Gasteiger partial charge in [0.05, 0.1) is 12.2 Å². The van der Waals surface area contributed by atoms with Crippen molar-refractivity contribution in [1.29, 1.82) is 0 Å². The van der Waals surface area contributed by atoms with Crippen LogP contribution in [0.5, 0.6) is 5.88 Å². The van der Waals surface area contributed by atoms with Gasteiger partial charge in [0, 0.05) is 6.54 Å². The predicted molar refractivity (Wildman–Crippen MR) is 70.5 cm³/mol. The van der Waals surface area contributed by atoms with Crippen LogP contribution in [0.25, 0.3) is 0 Å². The first kappa shape index (κ1) is 13.7. The molecule has 0 radical (unpaired) electrons. The third-order valence-electron chi connectivity index (χ3n) is 2.54. The van der Waals surface area contributed by atoms with Crippen LogP contribution < -0.4 is 10.1 Å². The summed E-state index contributed by atoms with van der Waals surface area (Å²) in [6.45, 7) is 10.1. The number of ether oxygens (including phenoxy) is 1. The van der Waals surface area contributed by atoms with Crippen molar-refractivity contribution >= 4 is 5.82 Å². The van der Waals surface area contributed by atoms with E-state index in [1.807, 2.05) is 0 Å². The molecule has 0 saturated carbocycles. The van der Waals surface area contributed by atoms with Crippen molar-refractivity contribution in [3.63, 3.8) is 0 Å². The molecule has 4 nitrogen and oxygen atoms in total. The maximum atomic E-state index is 5.73. The van der Waals surface area contributed by atoms with Crippen LogP contribution in [0, 0.1) is 5.92 Å². The molecular formula is C13H23N3O. The largest absolute Gasteiger partial charge is 0.477 e. The average molecular weight is 237 g/mol. The van der Waals surface area contributed by atoms with Crippen LogP contribution in [-0.2, 0) is 6.42 Å². The molecular weight excluding hydrogens is 214 g/mol. The third-order valence-corrected chi connectivity index (χ3v) is 2.54. The van der Waals surface area contributed by atoms with E-state index in [1.54, 1.807) is 6.33 Å². The molecule has 0 fully saturated rings. The Hall–Kier alpha value is -1.32. The fourth-order valence-electron chi connectivity index (χ4n) is 1.55. The lowest BCUT2D eigenvalue weighted by molar-refractivity contribution is 0.276. The van der Waals surface area contributed by atoms with Crippen LogP contribution >= 0.6 is 0 Å². The van der Waals surface area contributed by atoms with E-state index in [2.05, 4.69) is 43.0 Å². The van der Waals surface area contributed by atoms with Gasteiger partial charge in [0.15, 0.2) is 0 Å². The predicted octanol–water partition coefficient (Wildman–Crippen LogP) is 2.90. The van der Waals surface area contributed by atoms with Crippen LogP contribution in [-0.4, -0.2) is 23.1 Å². The Balaban J connectivity index is 2.73. The van der Waals surface area contributed by atoms with Crippen LogP contribution in [0.15, 0.2) is 6.33 Å². The summed E-state index contributed by atoms with van der Waals surface area (Å²) in [5.74, 6) is 2.26. The van der Waals surface area contributed by atoms with E-state index in [4.69, 9.17) is 4.74 Å². The molecule has 96 valence electrons. The van der Waals surface area contributed by atoms with Crippen molar-refractivity contribution in [2.45, 2.75) is 40.5 Å². The van der Waals surface area contributed by atoms with E-state index in [0.717, 1.165) is 36.6 Å². The van der Waals surface area contributed by atoms with Crippen LogP contribution in [0.1, 0.15) is 39.7 Å². The number of nitrogens with one attached hydrogen (secondary N) is 1. The topological polar surface area (TPSA) is 47.0 Å². The van der Waals surface area contributed by atoms with Gasteiger partial charge >= 0.3 is 0 Å². The van der Waals surface area contributed by atoms with Crippen molar-refractivity contribution < 1.29 is 4.74 Å². The summed E-state index contributed by atoms with van der Waals surface area (Å²) in [6.07, 6.45) is 3.48. The number of hydrogen-bond donors (Lipinski definition) is 1. The molecule has 0 spiro atoms. The molecule has 0 unspecified atom stereocenters. The Morgan fingerprint density at radius 3 is 2.65 bits per heavy atom. The van der Waals surface area contributed by atoms with Gasteiger partial charge in [-0.2, -0.15) is 0 Å². The van der Waals surface area contributed by atoms with E-state index in [-0.39, 0.29) is 0 Å². The van der Waals surface area contributed by atoms with Gasteiger partial charge in [-0.25, -0.2) is 9.97 Å². The maximum Gasteiger partial charge on any atom is 0.221 e. The first-order valence-corrected chi connectivity index (χ1v) is 6.39. The van der Waals surface area contributed by atoms with E-state index in [0.29, 0.717) is 12.5 Å². The molecule has 0 aromatic carbocycles. The fourth-order valence-corrected chi connectivity index (χ4v) is 1.55. The molecule has 0 amide bonds.